The van der Waals surface area contributed by atoms with Gasteiger partial charge in [-0.2, -0.15) is 13.2 Å². The zero-order valence-electron chi connectivity index (χ0n) is 14.2. The largest absolute Gasteiger partial charge is 0.416 e. The minimum Gasteiger partial charge on any atom is -0.395 e. The van der Waals surface area contributed by atoms with Crippen molar-refractivity contribution in [1.29, 1.82) is 0 Å². The third-order valence-corrected chi connectivity index (χ3v) is 5.58. The van der Waals surface area contributed by atoms with Gasteiger partial charge in [-0.3, -0.25) is 10.1 Å². The number of hydrogen-bond acceptors (Lipinski definition) is 6. The van der Waals surface area contributed by atoms with Crippen LogP contribution in [0, 0.1) is 5.92 Å². The predicted octanol–water partition coefficient (Wildman–Crippen LogP) is 1.26. The second-order valence-corrected chi connectivity index (χ2v) is 7.33. The summed E-state index contributed by atoms with van der Waals surface area (Å²) >= 11 is 1.44. The smallest absolute Gasteiger partial charge is 0.395 e. The van der Waals surface area contributed by atoms with Crippen LogP contribution in [0.25, 0.3) is 0 Å². The Hall–Kier alpha value is -1.33. The Morgan fingerprint density at radius 2 is 1.96 bits per heavy atom. The van der Waals surface area contributed by atoms with E-state index >= 15 is 0 Å². The van der Waals surface area contributed by atoms with Gasteiger partial charge in [-0.25, -0.2) is 10.4 Å². The molecule has 6 nitrogen and oxygen atoms in total. The van der Waals surface area contributed by atoms with Gasteiger partial charge >= 0.3 is 6.18 Å². The van der Waals surface area contributed by atoms with E-state index in [1.54, 1.807) is 5.01 Å². The Bertz CT molecular complexity index is 658. The van der Waals surface area contributed by atoms with E-state index in [9.17, 15) is 23.1 Å². The Morgan fingerprint density at radius 3 is 2.50 bits per heavy atom. The first-order valence-corrected chi connectivity index (χ1v) is 9.46. The van der Waals surface area contributed by atoms with Crippen molar-refractivity contribution in [2.45, 2.75) is 36.8 Å². The lowest BCUT2D eigenvalue weighted by Crippen LogP contribution is -2.63. The summed E-state index contributed by atoms with van der Waals surface area (Å²) in [5.41, 5.74) is 2.83. The molecule has 26 heavy (non-hydrogen) atoms. The molecule has 1 aromatic rings. The zero-order valence-corrected chi connectivity index (χ0v) is 15.1. The van der Waals surface area contributed by atoms with E-state index in [0.717, 1.165) is 12.1 Å². The first kappa shape index (κ1) is 19.4. The summed E-state index contributed by atoms with van der Waals surface area (Å²) in [4.78, 5) is 12.4. The normalized spacial score (nSPS) is 30.8. The van der Waals surface area contributed by atoms with E-state index in [4.69, 9.17) is 0 Å². The van der Waals surface area contributed by atoms with E-state index in [0.29, 0.717) is 5.56 Å². The molecule has 2 heterocycles. The highest BCUT2D eigenvalue weighted by Crippen LogP contribution is 2.34. The third-order valence-electron chi connectivity index (χ3n) is 4.86. The molecule has 4 N–H and O–H groups in total. The first-order chi connectivity index (χ1) is 12.3. The summed E-state index contributed by atoms with van der Waals surface area (Å²) in [5.74, 6) is -0.665. The summed E-state index contributed by atoms with van der Waals surface area (Å²) in [6.45, 7) is 1.62. The molecule has 10 heteroatoms. The van der Waals surface area contributed by atoms with Gasteiger partial charge in [-0.05, 0) is 30.9 Å². The minimum absolute atomic E-state index is 0.165. The molecule has 2 aliphatic rings. The number of halogens is 3. The van der Waals surface area contributed by atoms with Crippen molar-refractivity contribution < 1.29 is 23.1 Å². The van der Waals surface area contributed by atoms with Crippen LogP contribution in [0.2, 0.25) is 0 Å². The number of alkyl halides is 3. The molecule has 3 rings (SSSR count). The highest BCUT2D eigenvalue weighted by molar-refractivity contribution is 7.99. The molecule has 1 aromatic carbocycles. The summed E-state index contributed by atoms with van der Waals surface area (Å²) in [7, 11) is 0. The van der Waals surface area contributed by atoms with Gasteiger partial charge in [0.2, 0.25) is 5.91 Å². The number of carbonyl (C=O) groups excluding carboxylic acids is 1. The number of hydrazine groups is 1. The van der Waals surface area contributed by atoms with Gasteiger partial charge in [0.1, 0.15) is 5.50 Å². The molecular formula is C16H21F3N4O2S. The lowest BCUT2D eigenvalue weighted by Gasteiger charge is -2.38. The number of amides is 1. The van der Waals surface area contributed by atoms with Crippen LogP contribution in [0.4, 0.5) is 13.2 Å². The van der Waals surface area contributed by atoms with E-state index in [1.807, 2.05) is 13.2 Å². The monoisotopic (exact) mass is 390 g/mol. The molecule has 2 fully saturated rings. The second-order valence-electron chi connectivity index (χ2n) is 6.38. The topological polar surface area (TPSA) is 76.6 Å². The maximum atomic E-state index is 12.8. The van der Waals surface area contributed by atoms with Crippen molar-refractivity contribution in [3.05, 3.63) is 35.4 Å². The fraction of sp³-hybridized carbons (Fsp3) is 0.562. The van der Waals surface area contributed by atoms with E-state index in [-0.39, 0.29) is 30.2 Å². The van der Waals surface area contributed by atoms with Gasteiger partial charge in [0, 0.05) is 6.04 Å². The van der Waals surface area contributed by atoms with Gasteiger partial charge in [0.15, 0.2) is 0 Å². The Morgan fingerprint density at radius 1 is 1.31 bits per heavy atom. The molecule has 0 bridgehead atoms. The Balaban J connectivity index is 1.84. The number of carbonyl (C=O) groups is 1. The molecule has 1 amide bonds. The maximum Gasteiger partial charge on any atom is 0.416 e. The van der Waals surface area contributed by atoms with Crippen LogP contribution >= 0.6 is 11.8 Å². The maximum absolute atomic E-state index is 12.8. The SMILES string of the molecule is CSC1NC(=O)C2C(CO)NN([C@@H](C)c3ccc(C(F)(F)F)cc3)C2N1. The lowest BCUT2D eigenvalue weighted by atomic mass is 9.96. The average molecular weight is 390 g/mol. The fourth-order valence-electron chi connectivity index (χ4n) is 3.42. The zero-order chi connectivity index (χ0) is 19.1. The molecule has 4 unspecified atom stereocenters. The van der Waals surface area contributed by atoms with Crippen molar-refractivity contribution >= 4 is 17.7 Å². The van der Waals surface area contributed by atoms with E-state index in [1.165, 1.54) is 23.9 Å². The van der Waals surface area contributed by atoms with Gasteiger partial charge in [-0.15, -0.1) is 11.8 Å². The third kappa shape index (κ3) is 3.56. The first-order valence-electron chi connectivity index (χ1n) is 8.18. The lowest BCUT2D eigenvalue weighted by molar-refractivity contribution is -0.137. The van der Waals surface area contributed by atoms with Gasteiger partial charge < -0.3 is 10.4 Å². The van der Waals surface area contributed by atoms with Gasteiger partial charge in [0.05, 0.1) is 30.3 Å². The summed E-state index contributed by atoms with van der Waals surface area (Å²) in [6.07, 6.45) is -2.90. The molecule has 2 saturated heterocycles. The number of hydrogen-bond donors (Lipinski definition) is 4. The number of aliphatic hydroxyl groups excluding tert-OH is 1. The van der Waals surface area contributed by atoms with Gasteiger partial charge in [-0.1, -0.05) is 12.1 Å². The molecule has 0 spiro atoms. The molecule has 2 aliphatic heterocycles. The van der Waals surface area contributed by atoms with Crippen LogP contribution in [0.3, 0.4) is 0 Å². The number of fused-ring (bicyclic) bond motifs is 1. The Labute approximate surface area is 153 Å². The molecular weight excluding hydrogens is 369 g/mol. The predicted molar refractivity (Wildman–Crippen MR) is 91.6 cm³/mol. The van der Waals surface area contributed by atoms with Crippen molar-refractivity contribution in [3.63, 3.8) is 0 Å². The van der Waals surface area contributed by atoms with E-state index < -0.39 is 23.7 Å². The summed E-state index contributed by atoms with van der Waals surface area (Å²) in [6, 6.07) is 4.20. The highest BCUT2D eigenvalue weighted by atomic mass is 32.2. The van der Waals surface area contributed by atoms with E-state index in [2.05, 4.69) is 16.1 Å². The van der Waals surface area contributed by atoms with Gasteiger partial charge in [0.25, 0.3) is 0 Å². The summed E-state index contributed by atoms with van der Waals surface area (Å²) < 4.78 is 38.3. The molecule has 0 aromatic heterocycles. The molecule has 0 radical (unpaired) electrons. The fourth-order valence-corrected chi connectivity index (χ4v) is 3.93. The van der Waals surface area contributed by atoms with Crippen molar-refractivity contribution in [1.82, 2.24) is 21.1 Å². The van der Waals surface area contributed by atoms with Crippen LogP contribution in [0.1, 0.15) is 24.1 Å². The summed E-state index contributed by atoms with van der Waals surface area (Å²) in [5, 5.41) is 17.6. The number of aliphatic hydroxyl groups is 1. The molecule has 0 aliphatic carbocycles. The quantitative estimate of drug-likeness (QED) is 0.620. The van der Waals surface area contributed by atoms with Crippen molar-refractivity contribution in [2.75, 3.05) is 12.9 Å². The Kier molecular flexibility index (Phi) is 5.50. The second kappa shape index (κ2) is 7.35. The van der Waals surface area contributed by atoms with Crippen molar-refractivity contribution in [2.24, 2.45) is 5.92 Å². The van der Waals surface area contributed by atoms with Crippen LogP contribution < -0.4 is 16.1 Å². The van der Waals surface area contributed by atoms with Crippen molar-refractivity contribution in [3.8, 4) is 0 Å². The number of rotatable bonds is 4. The minimum atomic E-state index is -4.38. The average Bonchev–Trinajstić information content (AvgIpc) is 2.99. The number of nitrogens with one attached hydrogen (secondary N) is 3. The molecule has 0 saturated carbocycles. The van der Waals surface area contributed by atoms with Crippen LogP contribution in [-0.2, 0) is 11.0 Å². The number of thioether (sulfide) groups is 1. The molecule has 144 valence electrons. The highest BCUT2D eigenvalue weighted by Gasteiger charge is 2.50. The van der Waals surface area contributed by atoms with Crippen LogP contribution in [0.15, 0.2) is 24.3 Å². The number of nitrogens with zero attached hydrogens (tertiary/aromatic N) is 1. The standard InChI is InChI=1S/C16H21F3N4O2S/c1-8(9-3-5-10(6-4-9)16(17,18)19)23-13-12(11(7-24)22-23)14(25)21-15(20-13)26-2/h3-6,8,11-13,15,20,22,24H,7H2,1-2H3,(H,21,25)/t8-,11?,12?,13?,15?/m0/s1. The van der Waals surface area contributed by atoms with Crippen LogP contribution in [0.5, 0.6) is 0 Å². The van der Waals surface area contributed by atoms with Crippen LogP contribution in [-0.4, -0.2) is 46.6 Å². The number of benzene rings is 1. The molecule has 5 atom stereocenters.